The van der Waals surface area contributed by atoms with Crippen molar-refractivity contribution in [1.29, 1.82) is 5.26 Å². The lowest BCUT2D eigenvalue weighted by Crippen LogP contribution is -2.11. The van der Waals surface area contributed by atoms with Crippen molar-refractivity contribution >= 4 is 11.6 Å². The zero-order chi connectivity index (χ0) is 14.7. The van der Waals surface area contributed by atoms with Gasteiger partial charge in [0.25, 0.3) is 5.91 Å². The van der Waals surface area contributed by atoms with Gasteiger partial charge in [-0.25, -0.2) is 0 Å². The van der Waals surface area contributed by atoms with Crippen LogP contribution >= 0.6 is 0 Å². The smallest absolute Gasteiger partial charge is 0.255 e. The standard InChI is InChI=1S/C14H10N2O4/c15-7-8-1-3-10(4-2-8)16-14(20)9-5-11(17)13(19)12(18)6-9/h1-6,17-19H,(H,16,20). The molecule has 0 unspecified atom stereocenters. The number of anilines is 1. The van der Waals surface area contributed by atoms with Crippen molar-refractivity contribution in [3.05, 3.63) is 47.5 Å². The molecule has 2 rings (SSSR count). The minimum Gasteiger partial charge on any atom is -0.504 e. The van der Waals surface area contributed by atoms with Crippen LogP contribution in [-0.2, 0) is 0 Å². The Kier molecular flexibility index (Phi) is 3.44. The number of nitrogens with zero attached hydrogens (tertiary/aromatic N) is 1. The average molecular weight is 270 g/mol. The number of nitrogens with one attached hydrogen (secondary N) is 1. The van der Waals surface area contributed by atoms with Crippen LogP contribution in [0, 0.1) is 11.3 Å². The number of carbonyl (C=O) groups is 1. The summed E-state index contributed by atoms with van der Waals surface area (Å²) in [5, 5.41) is 39.1. The molecule has 0 aromatic heterocycles. The second kappa shape index (κ2) is 5.20. The van der Waals surface area contributed by atoms with E-state index in [2.05, 4.69) is 5.32 Å². The lowest BCUT2D eigenvalue weighted by molar-refractivity contribution is 0.102. The Morgan fingerprint density at radius 1 is 1.05 bits per heavy atom. The molecule has 0 saturated heterocycles. The molecule has 0 aliphatic carbocycles. The van der Waals surface area contributed by atoms with Crippen LogP contribution in [0.15, 0.2) is 36.4 Å². The Balaban J connectivity index is 2.21. The predicted molar refractivity (Wildman–Crippen MR) is 70.5 cm³/mol. The van der Waals surface area contributed by atoms with Crippen molar-refractivity contribution in [2.24, 2.45) is 0 Å². The molecule has 0 aliphatic rings. The minimum absolute atomic E-state index is 0.0119. The number of hydrogen-bond donors (Lipinski definition) is 4. The highest BCUT2D eigenvalue weighted by atomic mass is 16.3. The normalized spacial score (nSPS) is 9.75. The van der Waals surface area contributed by atoms with Gasteiger partial charge in [0.2, 0.25) is 0 Å². The fourth-order valence-electron chi connectivity index (χ4n) is 1.57. The van der Waals surface area contributed by atoms with E-state index < -0.39 is 23.2 Å². The Hall–Kier alpha value is -3.20. The van der Waals surface area contributed by atoms with Crippen LogP contribution in [0.4, 0.5) is 5.69 Å². The van der Waals surface area contributed by atoms with Gasteiger partial charge in [0.15, 0.2) is 17.2 Å². The van der Waals surface area contributed by atoms with Crippen LogP contribution in [-0.4, -0.2) is 21.2 Å². The molecule has 0 aliphatic heterocycles. The highest BCUT2D eigenvalue weighted by Gasteiger charge is 2.13. The quantitative estimate of drug-likeness (QED) is 0.622. The van der Waals surface area contributed by atoms with E-state index in [1.165, 1.54) is 0 Å². The Bertz CT molecular complexity index is 679. The second-order valence-electron chi connectivity index (χ2n) is 4.01. The van der Waals surface area contributed by atoms with E-state index in [1.807, 2.05) is 6.07 Å². The summed E-state index contributed by atoms with van der Waals surface area (Å²) in [6.07, 6.45) is 0. The summed E-state index contributed by atoms with van der Waals surface area (Å²) in [7, 11) is 0. The fraction of sp³-hybridized carbons (Fsp3) is 0. The summed E-state index contributed by atoms with van der Waals surface area (Å²) in [6, 6.07) is 10.2. The van der Waals surface area contributed by atoms with Crippen LogP contribution in [0.3, 0.4) is 0 Å². The molecule has 4 N–H and O–H groups in total. The molecule has 0 atom stereocenters. The van der Waals surface area contributed by atoms with Crippen molar-refractivity contribution in [1.82, 2.24) is 0 Å². The van der Waals surface area contributed by atoms with Gasteiger partial charge < -0.3 is 20.6 Å². The molecule has 6 heteroatoms. The fourth-order valence-corrected chi connectivity index (χ4v) is 1.57. The molecule has 100 valence electrons. The topological polar surface area (TPSA) is 114 Å². The average Bonchev–Trinajstić information content (AvgIpc) is 2.45. The zero-order valence-electron chi connectivity index (χ0n) is 10.2. The number of benzene rings is 2. The second-order valence-corrected chi connectivity index (χ2v) is 4.01. The van der Waals surface area contributed by atoms with Gasteiger partial charge >= 0.3 is 0 Å². The third-order valence-electron chi connectivity index (χ3n) is 2.60. The van der Waals surface area contributed by atoms with Crippen molar-refractivity contribution in [2.45, 2.75) is 0 Å². The number of hydrogen-bond acceptors (Lipinski definition) is 5. The zero-order valence-corrected chi connectivity index (χ0v) is 10.2. The van der Waals surface area contributed by atoms with Crippen LogP contribution in [0.5, 0.6) is 17.2 Å². The number of nitriles is 1. The molecule has 2 aromatic carbocycles. The molecule has 0 radical (unpaired) electrons. The first kappa shape index (κ1) is 13.2. The van der Waals surface area contributed by atoms with E-state index in [4.69, 9.17) is 5.26 Å². The summed E-state index contributed by atoms with van der Waals surface area (Å²) in [5.41, 5.74) is 0.908. The Morgan fingerprint density at radius 2 is 1.60 bits per heavy atom. The number of aromatic hydroxyl groups is 3. The highest BCUT2D eigenvalue weighted by molar-refractivity contribution is 6.05. The molecular weight excluding hydrogens is 260 g/mol. The minimum atomic E-state index is -0.681. The summed E-state index contributed by atoms with van der Waals surface area (Å²) >= 11 is 0. The van der Waals surface area contributed by atoms with Gasteiger partial charge in [0.1, 0.15) is 0 Å². The van der Waals surface area contributed by atoms with E-state index in [0.29, 0.717) is 11.3 Å². The monoisotopic (exact) mass is 270 g/mol. The maximum Gasteiger partial charge on any atom is 0.255 e. The van der Waals surface area contributed by atoms with E-state index in [1.54, 1.807) is 24.3 Å². The molecule has 0 bridgehead atoms. The van der Waals surface area contributed by atoms with Gasteiger partial charge in [-0.05, 0) is 36.4 Å². The van der Waals surface area contributed by atoms with E-state index in [9.17, 15) is 20.1 Å². The predicted octanol–water partition coefficient (Wildman–Crippen LogP) is 1.93. The van der Waals surface area contributed by atoms with Crippen LogP contribution in [0.1, 0.15) is 15.9 Å². The molecule has 0 saturated carbocycles. The summed E-state index contributed by atoms with van der Waals surface area (Å²) in [4.78, 5) is 11.9. The number of phenols is 3. The van der Waals surface area contributed by atoms with Crippen molar-refractivity contribution in [3.63, 3.8) is 0 Å². The summed E-state index contributed by atoms with van der Waals surface area (Å²) in [5.74, 6) is -2.43. The molecule has 6 nitrogen and oxygen atoms in total. The lowest BCUT2D eigenvalue weighted by Gasteiger charge is -2.07. The van der Waals surface area contributed by atoms with Crippen molar-refractivity contribution in [2.75, 3.05) is 5.32 Å². The SMILES string of the molecule is N#Cc1ccc(NC(=O)c2cc(O)c(O)c(O)c2)cc1. The number of carbonyl (C=O) groups excluding carboxylic acids is 1. The maximum atomic E-state index is 11.9. The molecule has 20 heavy (non-hydrogen) atoms. The van der Waals surface area contributed by atoms with Gasteiger partial charge in [0.05, 0.1) is 11.6 Å². The molecule has 0 fully saturated rings. The van der Waals surface area contributed by atoms with Gasteiger partial charge in [0, 0.05) is 11.3 Å². The molecule has 0 heterocycles. The van der Waals surface area contributed by atoms with Crippen LogP contribution < -0.4 is 5.32 Å². The molecular formula is C14H10N2O4. The van der Waals surface area contributed by atoms with Crippen LogP contribution in [0.25, 0.3) is 0 Å². The van der Waals surface area contributed by atoms with E-state index >= 15 is 0 Å². The summed E-state index contributed by atoms with van der Waals surface area (Å²) < 4.78 is 0. The van der Waals surface area contributed by atoms with Gasteiger partial charge in [-0.15, -0.1) is 0 Å². The highest BCUT2D eigenvalue weighted by Crippen LogP contribution is 2.35. The first-order chi connectivity index (χ1) is 9.51. The van der Waals surface area contributed by atoms with Gasteiger partial charge in [-0.2, -0.15) is 5.26 Å². The van der Waals surface area contributed by atoms with Crippen LogP contribution in [0.2, 0.25) is 0 Å². The molecule has 1 amide bonds. The maximum absolute atomic E-state index is 11.9. The number of rotatable bonds is 2. The number of amides is 1. The van der Waals surface area contributed by atoms with Crippen molar-refractivity contribution in [3.8, 4) is 23.3 Å². The van der Waals surface area contributed by atoms with E-state index in [-0.39, 0.29) is 5.56 Å². The lowest BCUT2D eigenvalue weighted by atomic mass is 10.1. The van der Waals surface area contributed by atoms with Gasteiger partial charge in [-0.3, -0.25) is 4.79 Å². The first-order valence-corrected chi connectivity index (χ1v) is 5.57. The van der Waals surface area contributed by atoms with E-state index in [0.717, 1.165) is 12.1 Å². The Morgan fingerprint density at radius 3 is 2.10 bits per heavy atom. The molecule has 2 aromatic rings. The van der Waals surface area contributed by atoms with Gasteiger partial charge in [-0.1, -0.05) is 0 Å². The third-order valence-corrected chi connectivity index (χ3v) is 2.60. The number of phenolic OH excluding ortho intramolecular Hbond substituents is 3. The first-order valence-electron chi connectivity index (χ1n) is 5.57. The summed E-state index contributed by atoms with van der Waals surface area (Å²) in [6.45, 7) is 0. The third kappa shape index (κ3) is 2.62. The largest absolute Gasteiger partial charge is 0.504 e. The Labute approximate surface area is 114 Å². The molecule has 0 spiro atoms. The van der Waals surface area contributed by atoms with Crippen molar-refractivity contribution < 1.29 is 20.1 Å².